The number of aliphatic hydroxyl groups excluding tert-OH is 1. The molecule has 1 aromatic heterocycles. The minimum Gasteiger partial charge on any atom is -0.392 e. The van der Waals surface area contributed by atoms with Gasteiger partial charge in [0.2, 0.25) is 0 Å². The molecule has 4 nitrogen and oxygen atoms in total. The Kier molecular flexibility index (Phi) is 3.38. The number of aryl methyl sites for hydroxylation is 1. The lowest BCUT2D eigenvalue weighted by Crippen LogP contribution is -2.36. The van der Waals surface area contributed by atoms with Crippen LogP contribution in [0, 0.1) is 0 Å². The lowest BCUT2D eigenvalue weighted by molar-refractivity contribution is 0.149. The van der Waals surface area contributed by atoms with E-state index in [1.54, 1.807) is 0 Å². The smallest absolute Gasteiger partial charge is 0.0693 e. The standard InChI is InChI=1S/C11H19N3O/c1-14-8-6-9(13-14)5-7-12-10-3-2-4-11(10)15/h6,8,10-12,15H,2-5,7H2,1H3. The molecular weight excluding hydrogens is 190 g/mol. The van der Waals surface area contributed by atoms with E-state index in [4.69, 9.17) is 0 Å². The minimum absolute atomic E-state index is 0.145. The van der Waals surface area contributed by atoms with Crippen molar-refractivity contribution in [2.24, 2.45) is 7.05 Å². The van der Waals surface area contributed by atoms with Gasteiger partial charge in [0.25, 0.3) is 0 Å². The highest BCUT2D eigenvalue weighted by atomic mass is 16.3. The molecule has 0 saturated heterocycles. The fourth-order valence-electron chi connectivity index (χ4n) is 2.16. The third-order valence-corrected chi connectivity index (χ3v) is 3.04. The normalized spacial score (nSPS) is 26.0. The number of nitrogens with one attached hydrogen (secondary N) is 1. The zero-order chi connectivity index (χ0) is 10.7. The Labute approximate surface area is 90.3 Å². The van der Waals surface area contributed by atoms with Gasteiger partial charge >= 0.3 is 0 Å². The van der Waals surface area contributed by atoms with Gasteiger partial charge in [0, 0.05) is 32.3 Å². The summed E-state index contributed by atoms with van der Waals surface area (Å²) >= 11 is 0. The molecule has 1 saturated carbocycles. The molecule has 0 amide bonds. The predicted molar refractivity (Wildman–Crippen MR) is 58.6 cm³/mol. The third-order valence-electron chi connectivity index (χ3n) is 3.04. The average molecular weight is 209 g/mol. The Balaban J connectivity index is 1.70. The zero-order valence-electron chi connectivity index (χ0n) is 9.19. The van der Waals surface area contributed by atoms with Gasteiger partial charge in [-0.25, -0.2) is 0 Å². The van der Waals surface area contributed by atoms with E-state index in [0.29, 0.717) is 6.04 Å². The molecule has 1 aliphatic carbocycles. The Morgan fingerprint density at radius 3 is 3.07 bits per heavy atom. The highest BCUT2D eigenvalue weighted by Crippen LogP contribution is 2.18. The van der Waals surface area contributed by atoms with Crippen molar-refractivity contribution in [3.8, 4) is 0 Å². The monoisotopic (exact) mass is 209 g/mol. The van der Waals surface area contributed by atoms with Crippen LogP contribution >= 0.6 is 0 Å². The molecule has 0 bridgehead atoms. The first-order valence-electron chi connectivity index (χ1n) is 5.65. The van der Waals surface area contributed by atoms with Crippen molar-refractivity contribution in [1.29, 1.82) is 0 Å². The zero-order valence-corrected chi connectivity index (χ0v) is 9.19. The number of aromatic nitrogens is 2. The summed E-state index contributed by atoms with van der Waals surface area (Å²) in [6.07, 6.45) is 5.94. The van der Waals surface area contributed by atoms with Gasteiger partial charge in [-0.15, -0.1) is 0 Å². The molecular formula is C11H19N3O. The van der Waals surface area contributed by atoms with Gasteiger partial charge < -0.3 is 10.4 Å². The Bertz CT molecular complexity index is 311. The largest absolute Gasteiger partial charge is 0.392 e. The maximum absolute atomic E-state index is 9.61. The Morgan fingerprint density at radius 2 is 2.47 bits per heavy atom. The molecule has 1 aromatic rings. The van der Waals surface area contributed by atoms with Crippen LogP contribution < -0.4 is 5.32 Å². The van der Waals surface area contributed by atoms with Crippen molar-refractivity contribution >= 4 is 0 Å². The maximum atomic E-state index is 9.61. The van der Waals surface area contributed by atoms with Crippen LogP contribution in [0.15, 0.2) is 12.3 Å². The van der Waals surface area contributed by atoms with E-state index in [2.05, 4.69) is 10.4 Å². The van der Waals surface area contributed by atoms with Gasteiger partial charge in [0.05, 0.1) is 11.8 Å². The predicted octanol–water partition coefficient (Wildman–Crippen LogP) is 0.466. The SMILES string of the molecule is Cn1ccc(CCNC2CCCC2O)n1. The number of hydrogen-bond acceptors (Lipinski definition) is 3. The fraction of sp³-hybridized carbons (Fsp3) is 0.727. The molecule has 0 aromatic carbocycles. The van der Waals surface area contributed by atoms with Crippen LogP contribution in [-0.4, -0.2) is 33.6 Å². The summed E-state index contributed by atoms with van der Waals surface area (Å²) in [4.78, 5) is 0. The van der Waals surface area contributed by atoms with Crippen LogP contribution in [0.25, 0.3) is 0 Å². The summed E-state index contributed by atoms with van der Waals surface area (Å²) in [5.41, 5.74) is 1.11. The summed E-state index contributed by atoms with van der Waals surface area (Å²) in [6.45, 7) is 0.902. The molecule has 1 aliphatic rings. The molecule has 1 heterocycles. The number of nitrogens with zero attached hydrogens (tertiary/aromatic N) is 2. The summed E-state index contributed by atoms with van der Waals surface area (Å²) in [5.74, 6) is 0. The second-order valence-corrected chi connectivity index (χ2v) is 4.29. The molecule has 2 atom stereocenters. The van der Waals surface area contributed by atoms with Gasteiger partial charge in [-0.2, -0.15) is 5.10 Å². The van der Waals surface area contributed by atoms with Crippen LogP contribution in [0.1, 0.15) is 25.0 Å². The van der Waals surface area contributed by atoms with Crippen molar-refractivity contribution in [3.05, 3.63) is 18.0 Å². The number of rotatable bonds is 4. The molecule has 84 valence electrons. The lowest BCUT2D eigenvalue weighted by Gasteiger charge is -2.15. The highest BCUT2D eigenvalue weighted by Gasteiger charge is 2.23. The quantitative estimate of drug-likeness (QED) is 0.757. The van der Waals surface area contributed by atoms with E-state index in [9.17, 15) is 5.11 Å². The highest BCUT2D eigenvalue weighted by molar-refractivity contribution is 4.99. The minimum atomic E-state index is -0.145. The fourth-order valence-corrected chi connectivity index (χ4v) is 2.16. The van der Waals surface area contributed by atoms with Crippen molar-refractivity contribution in [2.45, 2.75) is 37.8 Å². The summed E-state index contributed by atoms with van der Waals surface area (Å²) in [6, 6.07) is 2.33. The van der Waals surface area contributed by atoms with Crippen LogP contribution in [0.2, 0.25) is 0 Å². The van der Waals surface area contributed by atoms with Crippen molar-refractivity contribution in [2.75, 3.05) is 6.54 Å². The van der Waals surface area contributed by atoms with Gasteiger partial charge in [0.1, 0.15) is 0 Å². The van der Waals surface area contributed by atoms with Crippen molar-refractivity contribution in [1.82, 2.24) is 15.1 Å². The first-order valence-corrected chi connectivity index (χ1v) is 5.65. The van der Waals surface area contributed by atoms with Crippen molar-refractivity contribution < 1.29 is 5.11 Å². The first kappa shape index (κ1) is 10.6. The van der Waals surface area contributed by atoms with Crippen LogP contribution in [-0.2, 0) is 13.5 Å². The van der Waals surface area contributed by atoms with E-state index < -0.39 is 0 Å². The van der Waals surface area contributed by atoms with Crippen LogP contribution in [0.4, 0.5) is 0 Å². The number of aliphatic hydroxyl groups is 1. The van der Waals surface area contributed by atoms with Gasteiger partial charge in [-0.3, -0.25) is 4.68 Å². The number of hydrogen-bond donors (Lipinski definition) is 2. The van der Waals surface area contributed by atoms with E-state index >= 15 is 0 Å². The van der Waals surface area contributed by atoms with Gasteiger partial charge in [0.15, 0.2) is 0 Å². The molecule has 0 spiro atoms. The van der Waals surface area contributed by atoms with Gasteiger partial charge in [-0.05, 0) is 25.3 Å². The lowest BCUT2D eigenvalue weighted by atomic mass is 10.2. The summed E-state index contributed by atoms with van der Waals surface area (Å²) in [5, 5.41) is 17.3. The van der Waals surface area contributed by atoms with Crippen LogP contribution in [0.5, 0.6) is 0 Å². The molecule has 4 heteroatoms. The molecule has 0 aliphatic heterocycles. The molecule has 2 N–H and O–H groups in total. The van der Waals surface area contributed by atoms with E-state index in [-0.39, 0.29) is 6.10 Å². The topological polar surface area (TPSA) is 50.1 Å². The first-order chi connectivity index (χ1) is 7.25. The molecule has 0 radical (unpaired) electrons. The van der Waals surface area contributed by atoms with E-state index in [1.807, 2.05) is 24.0 Å². The Hall–Kier alpha value is -0.870. The van der Waals surface area contributed by atoms with Crippen molar-refractivity contribution in [3.63, 3.8) is 0 Å². The van der Waals surface area contributed by atoms with Crippen LogP contribution in [0.3, 0.4) is 0 Å². The van der Waals surface area contributed by atoms with E-state index in [1.165, 1.54) is 0 Å². The molecule has 2 unspecified atom stereocenters. The van der Waals surface area contributed by atoms with Gasteiger partial charge in [-0.1, -0.05) is 0 Å². The second kappa shape index (κ2) is 4.77. The maximum Gasteiger partial charge on any atom is 0.0693 e. The Morgan fingerprint density at radius 1 is 1.60 bits per heavy atom. The molecule has 1 fully saturated rings. The third kappa shape index (κ3) is 2.79. The second-order valence-electron chi connectivity index (χ2n) is 4.29. The van der Waals surface area contributed by atoms with E-state index in [0.717, 1.165) is 37.9 Å². The molecule has 2 rings (SSSR count). The average Bonchev–Trinajstić information content (AvgIpc) is 2.77. The summed E-state index contributed by atoms with van der Waals surface area (Å²) < 4.78 is 1.82. The molecule has 15 heavy (non-hydrogen) atoms. The summed E-state index contributed by atoms with van der Waals surface area (Å²) in [7, 11) is 1.93.